The first-order chi connectivity index (χ1) is 14.3. The predicted octanol–water partition coefficient (Wildman–Crippen LogP) is 5.26. The quantitative estimate of drug-likeness (QED) is 0.421. The van der Waals surface area contributed by atoms with Crippen LogP contribution in [0.4, 0.5) is 5.69 Å². The van der Waals surface area contributed by atoms with Gasteiger partial charge in [-0.2, -0.15) is 0 Å². The van der Waals surface area contributed by atoms with Crippen molar-refractivity contribution in [3.05, 3.63) is 66.2 Å². The fourth-order valence-corrected chi connectivity index (χ4v) is 3.92. The molecule has 1 saturated heterocycles. The Bertz CT molecular complexity index is 918. The predicted molar refractivity (Wildman–Crippen MR) is 120 cm³/mol. The van der Waals surface area contributed by atoms with Crippen molar-refractivity contribution in [1.29, 1.82) is 0 Å². The first-order valence-corrected chi connectivity index (χ1v) is 10.6. The van der Waals surface area contributed by atoms with Crippen LogP contribution in [0.2, 0.25) is 0 Å². The van der Waals surface area contributed by atoms with Crippen LogP contribution < -0.4 is 15.2 Å². The first-order valence-electron chi connectivity index (χ1n) is 10.6. The van der Waals surface area contributed by atoms with Gasteiger partial charge in [0.05, 0.1) is 6.61 Å². The summed E-state index contributed by atoms with van der Waals surface area (Å²) in [5.74, 6) is 1.78. The average molecular weight is 391 g/mol. The van der Waals surface area contributed by atoms with Gasteiger partial charge in [0, 0.05) is 23.0 Å². The molecule has 0 radical (unpaired) electrons. The second kappa shape index (κ2) is 9.66. The zero-order valence-corrected chi connectivity index (χ0v) is 17.0. The monoisotopic (exact) mass is 390 g/mol. The Kier molecular flexibility index (Phi) is 6.52. The Morgan fingerprint density at radius 1 is 0.793 bits per heavy atom. The van der Waals surface area contributed by atoms with Crippen molar-refractivity contribution in [3.63, 3.8) is 0 Å². The second-order valence-electron chi connectivity index (χ2n) is 7.74. The molecule has 0 amide bonds. The van der Waals surface area contributed by atoms with Crippen LogP contribution in [-0.2, 0) is 6.61 Å². The first kappa shape index (κ1) is 19.6. The van der Waals surface area contributed by atoms with E-state index in [1.165, 1.54) is 32.4 Å². The Labute approximate surface area is 173 Å². The van der Waals surface area contributed by atoms with Crippen molar-refractivity contribution < 1.29 is 9.47 Å². The molecular weight excluding hydrogens is 360 g/mol. The van der Waals surface area contributed by atoms with Crippen LogP contribution in [0.25, 0.3) is 10.8 Å². The molecule has 0 saturated carbocycles. The molecule has 4 heteroatoms. The molecule has 4 rings (SSSR count). The summed E-state index contributed by atoms with van der Waals surface area (Å²) in [6, 6.07) is 20.1. The number of hydrogen-bond donors (Lipinski definition) is 1. The van der Waals surface area contributed by atoms with E-state index in [0.29, 0.717) is 6.61 Å². The number of anilines is 1. The number of nitrogens with zero attached hydrogens (tertiary/aromatic N) is 1. The van der Waals surface area contributed by atoms with Crippen molar-refractivity contribution in [2.75, 3.05) is 32.0 Å². The zero-order valence-electron chi connectivity index (χ0n) is 17.0. The fraction of sp³-hybridized carbons (Fsp3) is 0.360. The molecule has 0 unspecified atom stereocenters. The van der Waals surface area contributed by atoms with Gasteiger partial charge in [0.1, 0.15) is 18.1 Å². The maximum Gasteiger partial charge on any atom is 0.127 e. The van der Waals surface area contributed by atoms with Gasteiger partial charge in [-0.25, -0.2) is 0 Å². The highest BCUT2D eigenvalue weighted by Crippen LogP contribution is 2.30. The summed E-state index contributed by atoms with van der Waals surface area (Å²) in [7, 11) is 0. The molecule has 3 aromatic rings. The molecule has 0 bridgehead atoms. The van der Waals surface area contributed by atoms with Gasteiger partial charge < -0.3 is 20.1 Å². The Morgan fingerprint density at radius 2 is 1.55 bits per heavy atom. The third-order valence-corrected chi connectivity index (χ3v) is 5.57. The largest absolute Gasteiger partial charge is 0.494 e. The number of hydrogen-bond acceptors (Lipinski definition) is 4. The topological polar surface area (TPSA) is 47.7 Å². The summed E-state index contributed by atoms with van der Waals surface area (Å²) in [5.41, 5.74) is 7.96. The Hall–Kier alpha value is -2.72. The van der Waals surface area contributed by atoms with E-state index in [1.807, 2.05) is 48.5 Å². The molecule has 0 aliphatic carbocycles. The van der Waals surface area contributed by atoms with Gasteiger partial charge in [-0.1, -0.05) is 42.8 Å². The highest BCUT2D eigenvalue weighted by molar-refractivity contribution is 5.96. The number of rotatable bonds is 8. The van der Waals surface area contributed by atoms with E-state index in [4.69, 9.17) is 15.2 Å². The third kappa shape index (κ3) is 5.21. The van der Waals surface area contributed by atoms with Gasteiger partial charge in [0.15, 0.2) is 0 Å². The highest BCUT2D eigenvalue weighted by atomic mass is 16.5. The lowest BCUT2D eigenvalue weighted by atomic mass is 10.1. The van der Waals surface area contributed by atoms with Gasteiger partial charge in [-0.15, -0.1) is 0 Å². The molecule has 0 atom stereocenters. The molecule has 1 aliphatic rings. The summed E-state index contributed by atoms with van der Waals surface area (Å²) in [4.78, 5) is 2.55. The summed E-state index contributed by atoms with van der Waals surface area (Å²) in [6.07, 6.45) is 5.15. The van der Waals surface area contributed by atoms with Crippen LogP contribution in [0.1, 0.15) is 31.2 Å². The smallest absolute Gasteiger partial charge is 0.127 e. The van der Waals surface area contributed by atoms with Crippen LogP contribution in [0.5, 0.6) is 11.5 Å². The maximum absolute atomic E-state index is 6.07. The van der Waals surface area contributed by atoms with E-state index in [1.54, 1.807) is 0 Å². The van der Waals surface area contributed by atoms with Crippen molar-refractivity contribution >= 4 is 16.5 Å². The van der Waals surface area contributed by atoms with Gasteiger partial charge in [-0.3, -0.25) is 0 Å². The lowest BCUT2D eigenvalue weighted by Gasteiger charge is -2.26. The van der Waals surface area contributed by atoms with E-state index < -0.39 is 0 Å². The van der Waals surface area contributed by atoms with Crippen molar-refractivity contribution in [1.82, 2.24) is 4.90 Å². The van der Waals surface area contributed by atoms with Crippen LogP contribution >= 0.6 is 0 Å². The van der Waals surface area contributed by atoms with E-state index in [9.17, 15) is 0 Å². The minimum absolute atomic E-state index is 0.517. The summed E-state index contributed by atoms with van der Waals surface area (Å²) < 4.78 is 12.0. The SMILES string of the molecule is Nc1ccc(OCc2ccc(OCCCN3CCCCC3)cc2)c2ccccc12. The molecule has 0 aromatic heterocycles. The highest BCUT2D eigenvalue weighted by Gasteiger charge is 2.09. The van der Waals surface area contributed by atoms with Gasteiger partial charge in [0.2, 0.25) is 0 Å². The third-order valence-electron chi connectivity index (χ3n) is 5.57. The van der Waals surface area contributed by atoms with E-state index in [-0.39, 0.29) is 0 Å². The summed E-state index contributed by atoms with van der Waals surface area (Å²) in [6.45, 7) is 4.92. The van der Waals surface area contributed by atoms with Crippen LogP contribution in [-0.4, -0.2) is 31.1 Å². The van der Waals surface area contributed by atoms with Crippen LogP contribution in [0.15, 0.2) is 60.7 Å². The molecule has 152 valence electrons. The molecule has 2 N–H and O–H groups in total. The van der Waals surface area contributed by atoms with Crippen molar-refractivity contribution in [2.45, 2.75) is 32.3 Å². The van der Waals surface area contributed by atoms with Gasteiger partial charge in [0.25, 0.3) is 0 Å². The molecule has 3 aromatic carbocycles. The Morgan fingerprint density at radius 3 is 2.34 bits per heavy atom. The number of fused-ring (bicyclic) bond motifs is 1. The fourth-order valence-electron chi connectivity index (χ4n) is 3.92. The maximum atomic E-state index is 6.07. The number of benzene rings is 3. The Balaban J connectivity index is 1.26. The minimum atomic E-state index is 0.517. The summed E-state index contributed by atoms with van der Waals surface area (Å²) >= 11 is 0. The second-order valence-corrected chi connectivity index (χ2v) is 7.74. The molecule has 1 heterocycles. The number of ether oxygens (including phenoxy) is 2. The number of nitrogen functional groups attached to an aromatic ring is 1. The number of piperidine rings is 1. The van der Waals surface area contributed by atoms with Crippen molar-refractivity contribution in [3.8, 4) is 11.5 Å². The van der Waals surface area contributed by atoms with Crippen molar-refractivity contribution in [2.24, 2.45) is 0 Å². The molecular formula is C25H30N2O2. The lowest BCUT2D eigenvalue weighted by molar-refractivity contribution is 0.205. The molecule has 4 nitrogen and oxygen atoms in total. The minimum Gasteiger partial charge on any atom is -0.494 e. The van der Waals surface area contributed by atoms with E-state index in [2.05, 4.69) is 17.0 Å². The molecule has 1 fully saturated rings. The molecule has 0 spiro atoms. The standard InChI is InChI=1S/C25H30N2O2/c26-24-13-14-25(23-8-3-2-7-22(23)24)29-19-20-9-11-21(12-10-20)28-18-6-17-27-15-4-1-5-16-27/h2-3,7-14H,1,4-6,15-19,26H2. The molecule has 29 heavy (non-hydrogen) atoms. The normalized spacial score (nSPS) is 14.8. The average Bonchev–Trinajstić information content (AvgIpc) is 2.78. The number of nitrogens with two attached hydrogens (primary N) is 1. The van der Waals surface area contributed by atoms with Gasteiger partial charge >= 0.3 is 0 Å². The lowest BCUT2D eigenvalue weighted by Crippen LogP contribution is -2.31. The van der Waals surface area contributed by atoms with Gasteiger partial charge in [-0.05, 0) is 62.2 Å². The summed E-state index contributed by atoms with van der Waals surface area (Å²) in [5, 5.41) is 2.07. The number of likely N-dealkylation sites (tertiary alicyclic amines) is 1. The van der Waals surface area contributed by atoms with E-state index >= 15 is 0 Å². The molecule has 1 aliphatic heterocycles. The van der Waals surface area contributed by atoms with Crippen LogP contribution in [0, 0.1) is 0 Å². The van der Waals surface area contributed by atoms with Crippen LogP contribution in [0.3, 0.4) is 0 Å². The van der Waals surface area contributed by atoms with E-state index in [0.717, 1.165) is 53.1 Å². The zero-order chi connectivity index (χ0) is 19.9.